The number of carbonyl (C=O) groups excluding carboxylic acids is 1. The molecular formula is C32H38N4O3. The molecule has 1 saturated heterocycles. The highest BCUT2D eigenvalue weighted by molar-refractivity contribution is 5.81. The summed E-state index contributed by atoms with van der Waals surface area (Å²) in [4.78, 5) is 36.2. The lowest BCUT2D eigenvalue weighted by Gasteiger charge is -2.34. The first-order valence-corrected chi connectivity index (χ1v) is 14.5. The standard InChI is InChI=1S/C32H38N4O3/c1-34-28-15-7-5-12-24(28)20-26(31(34)37)22-36(32(38)23-10-3-2-4-11-23)19-18-35-17-9-13-25(21-35)30-33-27-14-6-8-16-29(27)39-30/h5-8,12,14-16,20,23,25H,2-4,9-11,13,17-19,21-22H2,1H3. The molecule has 2 aliphatic rings. The van der Waals surface area contributed by atoms with E-state index in [1.165, 1.54) is 6.42 Å². The molecule has 2 aromatic heterocycles. The number of amides is 1. The molecule has 204 valence electrons. The molecule has 1 atom stereocenters. The largest absolute Gasteiger partial charge is 0.440 e. The van der Waals surface area contributed by atoms with Gasteiger partial charge in [-0.1, -0.05) is 49.6 Å². The Labute approximate surface area is 229 Å². The maximum Gasteiger partial charge on any atom is 0.255 e. The van der Waals surface area contributed by atoms with E-state index in [9.17, 15) is 9.59 Å². The van der Waals surface area contributed by atoms with Gasteiger partial charge in [0.25, 0.3) is 5.56 Å². The zero-order valence-electron chi connectivity index (χ0n) is 22.8. The number of aromatic nitrogens is 2. The Morgan fingerprint density at radius 2 is 1.82 bits per heavy atom. The van der Waals surface area contributed by atoms with Crippen molar-refractivity contribution in [2.24, 2.45) is 13.0 Å². The number of likely N-dealkylation sites (tertiary alicyclic amines) is 1. The van der Waals surface area contributed by atoms with E-state index in [1.54, 1.807) is 4.57 Å². The van der Waals surface area contributed by atoms with Crippen molar-refractivity contribution in [3.8, 4) is 0 Å². The van der Waals surface area contributed by atoms with Crippen molar-refractivity contribution in [3.05, 3.63) is 76.4 Å². The van der Waals surface area contributed by atoms with Crippen LogP contribution in [0.2, 0.25) is 0 Å². The van der Waals surface area contributed by atoms with E-state index in [2.05, 4.69) is 4.90 Å². The molecule has 1 aliphatic heterocycles. The van der Waals surface area contributed by atoms with E-state index in [-0.39, 0.29) is 23.3 Å². The van der Waals surface area contributed by atoms with E-state index in [1.807, 2.05) is 66.5 Å². The first-order chi connectivity index (χ1) is 19.1. The summed E-state index contributed by atoms with van der Waals surface area (Å²) in [7, 11) is 1.82. The van der Waals surface area contributed by atoms with Crippen molar-refractivity contribution in [1.29, 1.82) is 0 Å². The highest BCUT2D eigenvalue weighted by Crippen LogP contribution is 2.30. The lowest BCUT2D eigenvalue weighted by molar-refractivity contribution is -0.137. The van der Waals surface area contributed by atoms with Gasteiger partial charge < -0.3 is 18.8 Å². The van der Waals surface area contributed by atoms with Crippen LogP contribution in [0.3, 0.4) is 0 Å². The van der Waals surface area contributed by atoms with Crippen molar-refractivity contribution in [3.63, 3.8) is 0 Å². The van der Waals surface area contributed by atoms with Crippen LogP contribution in [-0.4, -0.2) is 51.4 Å². The summed E-state index contributed by atoms with van der Waals surface area (Å²) < 4.78 is 7.81. The first kappa shape index (κ1) is 25.8. The summed E-state index contributed by atoms with van der Waals surface area (Å²) in [5.41, 5.74) is 3.32. The van der Waals surface area contributed by atoms with Crippen molar-refractivity contribution in [2.45, 2.75) is 57.4 Å². The molecule has 1 aliphatic carbocycles. The van der Waals surface area contributed by atoms with Gasteiger partial charge in [-0.2, -0.15) is 0 Å². The van der Waals surface area contributed by atoms with Gasteiger partial charge >= 0.3 is 0 Å². The Balaban J connectivity index is 1.20. The van der Waals surface area contributed by atoms with Crippen LogP contribution in [0.25, 0.3) is 22.0 Å². The van der Waals surface area contributed by atoms with Crippen molar-refractivity contribution < 1.29 is 9.21 Å². The maximum absolute atomic E-state index is 13.8. The summed E-state index contributed by atoms with van der Waals surface area (Å²) in [6, 6.07) is 17.8. The number of carbonyl (C=O) groups is 1. The fourth-order valence-corrected chi connectivity index (χ4v) is 6.47. The average Bonchev–Trinajstić information content (AvgIpc) is 3.43. The van der Waals surface area contributed by atoms with Gasteiger partial charge in [-0.05, 0) is 61.9 Å². The second-order valence-corrected chi connectivity index (χ2v) is 11.3. The number of hydrogen-bond donors (Lipinski definition) is 0. The maximum atomic E-state index is 13.8. The van der Waals surface area contributed by atoms with Crippen molar-refractivity contribution in [2.75, 3.05) is 26.2 Å². The van der Waals surface area contributed by atoms with Crippen LogP contribution in [0.5, 0.6) is 0 Å². The van der Waals surface area contributed by atoms with Crippen LogP contribution < -0.4 is 5.56 Å². The van der Waals surface area contributed by atoms with Crippen LogP contribution in [0.15, 0.2) is 63.8 Å². The predicted octanol–water partition coefficient (Wildman–Crippen LogP) is 5.47. The van der Waals surface area contributed by atoms with Gasteiger partial charge in [0.1, 0.15) is 5.52 Å². The van der Waals surface area contributed by atoms with E-state index in [0.29, 0.717) is 18.7 Å². The number of benzene rings is 2. The van der Waals surface area contributed by atoms with Gasteiger partial charge in [0, 0.05) is 44.1 Å². The third-order valence-corrected chi connectivity index (χ3v) is 8.69. The lowest BCUT2D eigenvalue weighted by atomic mass is 9.88. The number of para-hydroxylation sites is 3. The number of oxazole rings is 1. The zero-order chi connectivity index (χ0) is 26.8. The van der Waals surface area contributed by atoms with Gasteiger partial charge in [0.15, 0.2) is 11.5 Å². The molecule has 6 rings (SSSR count). The van der Waals surface area contributed by atoms with Crippen LogP contribution in [-0.2, 0) is 18.4 Å². The average molecular weight is 527 g/mol. The van der Waals surface area contributed by atoms with Crippen LogP contribution in [0, 0.1) is 5.92 Å². The molecule has 39 heavy (non-hydrogen) atoms. The Morgan fingerprint density at radius 1 is 1.03 bits per heavy atom. The molecule has 0 spiro atoms. The normalized spacial score (nSPS) is 19.1. The molecule has 3 heterocycles. The number of fused-ring (bicyclic) bond motifs is 2. The predicted molar refractivity (Wildman–Crippen MR) is 154 cm³/mol. The van der Waals surface area contributed by atoms with E-state index < -0.39 is 0 Å². The van der Waals surface area contributed by atoms with Gasteiger partial charge in [-0.3, -0.25) is 9.59 Å². The second kappa shape index (κ2) is 11.3. The van der Waals surface area contributed by atoms with E-state index >= 15 is 0 Å². The van der Waals surface area contributed by atoms with Gasteiger partial charge in [0.2, 0.25) is 5.91 Å². The quantitative estimate of drug-likeness (QED) is 0.319. The smallest absolute Gasteiger partial charge is 0.255 e. The lowest BCUT2D eigenvalue weighted by Crippen LogP contribution is -2.44. The highest BCUT2D eigenvalue weighted by atomic mass is 16.3. The van der Waals surface area contributed by atoms with Gasteiger partial charge in [-0.25, -0.2) is 4.98 Å². The molecule has 7 nitrogen and oxygen atoms in total. The monoisotopic (exact) mass is 526 g/mol. The fraction of sp³-hybridized carbons (Fsp3) is 0.469. The third-order valence-electron chi connectivity index (χ3n) is 8.69. The molecule has 1 saturated carbocycles. The van der Waals surface area contributed by atoms with Crippen molar-refractivity contribution in [1.82, 2.24) is 19.4 Å². The van der Waals surface area contributed by atoms with Crippen LogP contribution in [0.4, 0.5) is 0 Å². The van der Waals surface area contributed by atoms with Gasteiger partial charge in [0.05, 0.1) is 12.1 Å². The number of nitrogens with zero attached hydrogens (tertiary/aromatic N) is 4. The summed E-state index contributed by atoms with van der Waals surface area (Å²) in [6.45, 7) is 3.62. The molecule has 1 amide bonds. The summed E-state index contributed by atoms with van der Waals surface area (Å²) in [6.07, 6.45) is 7.47. The molecule has 4 aromatic rings. The Morgan fingerprint density at radius 3 is 2.67 bits per heavy atom. The van der Waals surface area contributed by atoms with Gasteiger partial charge in [-0.15, -0.1) is 0 Å². The number of rotatable bonds is 7. The Kier molecular flexibility index (Phi) is 7.51. The number of pyridine rings is 1. The minimum atomic E-state index is -0.0239. The molecule has 2 aromatic carbocycles. The molecule has 1 unspecified atom stereocenters. The summed E-state index contributed by atoms with van der Waals surface area (Å²) in [5.74, 6) is 1.34. The number of hydrogen-bond acceptors (Lipinski definition) is 5. The minimum absolute atomic E-state index is 0.0239. The molecule has 7 heteroatoms. The first-order valence-electron chi connectivity index (χ1n) is 14.5. The summed E-state index contributed by atoms with van der Waals surface area (Å²) in [5, 5.41) is 1.02. The summed E-state index contributed by atoms with van der Waals surface area (Å²) >= 11 is 0. The molecule has 0 N–H and O–H groups in total. The third kappa shape index (κ3) is 5.50. The molecule has 2 fully saturated rings. The molecular weight excluding hydrogens is 488 g/mol. The van der Waals surface area contributed by atoms with Crippen LogP contribution in [0.1, 0.15) is 62.3 Å². The second-order valence-electron chi connectivity index (χ2n) is 11.3. The topological polar surface area (TPSA) is 71.6 Å². The molecule has 0 bridgehead atoms. The van der Waals surface area contributed by atoms with E-state index in [4.69, 9.17) is 9.40 Å². The van der Waals surface area contributed by atoms with Crippen molar-refractivity contribution >= 4 is 27.9 Å². The Hall–Kier alpha value is -3.45. The SMILES string of the molecule is Cn1c(=O)c(CN(CCN2CCCC(c3nc4ccccc4o3)C2)C(=O)C2CCCCC2)cc2ccccc21. The fourth-order valence-electron chi connectivity index (χ4n) is 6.47. The number of aryl methyl sites for hydroxylation is 1. The Bertz CT molecular complexity index is 1480. The number of piperidine rings is 1. The molecule has 0 radical (unpaired) electrons. The van der Waals surface area contributed by atoms with E-state index in [0.717, 1.165) is 86.1 Å². The van der Waals surface area contributed by atoms with Crippen LogP contribution >= 0.6 is 0 Å². The highest BCUT2D eigenvalue weighted by Gasteiger charge is 2.29. The zero-order valence-corrected chi connectivity index (χ0v) is 22.8. The minimum Gasteiger partial charge on any atom is -0.440 e.